The van der Waals surface area contributed by atoms with Gasteiger partial charge in [-0.15, -0.1) is 0 Å². The Kier molecular flexibility index (Phi) is 3.13. The monoisotopic (exact) mass is 219 g/mol. The molecular formula is C13H17NO2. The average Bonchev–Trinajstić information content (AvgIpc) is 2.28. The molecule has 1 heterocycles. The van der Waals surface area contributed by atoms with Gasteiger partial charge < -0.3 is 9.64 Å². The number of aryl methyl sites for hydroxylation is 1. The molecule has 1 aliphatic heterocycles. The lowest BCUT2D eigenvalue weighted by atomic mass is 10.0. The van der Waals surface area contributed by atoms with Crippen LogP contribution in [0, 0.1) is 0 Å². The fourth-order valence-electron chi connectivity index (χ4n) is 1.90. The first-order valence-electron chi connectivity index (χ1n) is 5.63. The van der Waals surface area contributed by atoms with E-state index in [1.807, 2.05) is 19.2 Å². The molecule has 0 fully saturated rings. The first-order chi connectivity index (χ1) is 7.66. The summed E-state index contributed by atoms with van der Waals surface area (Å²) in [7, 11) is 1.82. The molecule has 3 heteroatoms. The summed E-state index contributed by atoms with van der Waals surface area (Å²) >= 11 is 0. The van der Waals surface area contributed by atoms with E-state index in [1.54, 1.807) is 11.8 Å². The summed E-state index contributed by atoms with van der Waals surface area (Å²) in [4.78, 5) is 12.9. The molecule has 0 saturated carbocycles. The summed E-state index contributed by atoms with van der Waals surface area (Å²) in [6, 6.07) is 6.19. The molecule has 0 aromatic heterocycles. The highest BCUT2D eigenvalue weighted by Crippen LogP contribution is 2.25. The van der Waals surface area contributed by atoms with E-state index in [0.29, 0.717) is 6.54 Å². The van der Waals surface area contributed by atoms with E-state index in [4.69, 9.17) is 4.74 Å². The SMILES string of the molecule is CC(=O)N(C)Cc1ccc2c(c1)CCCO2. The maximum atomic E-state index is 11.1. The van der Waals surface area contributed by atoms with Crippen LogP contribution in [0.25, 0.3) is 0 Å². The molecule has 16 heavy (non-hydrogen) atoms. The number of carbonyl (C=O) groups excluding carboxylic acids is 1. The Morgan fingerprint density at radius 1 is 1.50 bits per heavy atom. The topological polar surface area (TPSA) is 29.5 Å². The van der Waals surface area contributed by atoms with Gasteiger partial charge in [-0.2, -0.15) is 0 Å². The molecule has 0 saturated heterocycles. The number of hydrogen-bond acceptors (Lipinski definition) is 2. The van der Waals surface area contributed by atoms with Crippen LogP contribution in [0.2, 0.25) is 0 Å². The smallest absolute Gasteiger partial charge is 0.219 e. The van der Waals surface area contributed by atoms with Crippen LogP contribution in [0.5, 0.6) is 5.75 Å². The summed E-state index contributed by atoms with van der Waals surface area (Å²) in [6.07, 6.45) is 2.16. The lowest BCUT2D eigenvalue weighted by Crippen LogP contribution is -2.23. The zero-order valence-electron chi connectivity index (χ0n) is 9.82. The van der Waals surface area contributed by atoms with Crippen LogP contribution in [0.3, 0.4) is 0 Å². The summed E-state index contributed by atoms with van der Waals surface area (Å²) in [5.74, 6) is 1.09. The van der Waals surface area contributed by atoms with Crippen molar-refractivity contribution < 1.29 is 9.53 Å². The van der Waals surface area contributed by atoms with Crippen LogP contribution in [0.4, 0.5) is 0 Å². The van der Waals surface area contributed by atoms with Crippen molar-refractivity contribution in [1.82, 2.24) is 4.90 Å². The van der Waals surface area contributed by atoms with E-state index in [1.165, 1.54) is 11.1 Å². The van der Waals surface area contributed by atoms with Gasteiger partial charge in [0.1, 0.15) is 5.75 Å². The highest BCUT2D eigenvalue weighted by molar-refractivity contribution is 5.72. The third kappa shape index (κ3) is 2.35. The maximum Gasteiger partial charge on any atom is 0.219 e. The van der Waals surface area contributed by atoms with Crippen molar-refractivity contribution in [3.8, 4) is 5.75 Å². The van der Waals surface area contributed by atoms with Crippen molar-refractivity contribution in [2.75, 3.05) is 13.7 Å². The van der Waals surface area contributed by atoms with Gasteiger partial charge in [-0.1, -0.05) is 12.1 Å². The van der Waals surface area contributed by atoms with E-state index in [-0.39, 0.29) is 5.91 Å². The Morgan fingerprint density at radius 3 is 3.06 bits per heavy atom. The van der Waals surface area contributed by atoms with Crippen molar-refractivity contribution in [3.63, 3.8) is 0 Å². The Labute approximate surface area is 96.0 Å². The lowest BCUT2D eigenvalue weighted by Gasteiger charge is -2.20. The molecule has 0 spiro atoms. The zero-order valence-corrected chi connectivity index (χ0v) is 9.82. The van der Waals surface area contributed by atoms with E-state index >= 15 is 0 Å². The van der Waals surface area contributed by atoms with Gasteiger partial charge in [0.25, 0.3) is 0 Å². The highest BCUT2D eigenvalue weighted by Gasteiger charge is 2.11. The van der Waals surface area contributed by atoms with Gasteiger partial charge in [0, 0.05) is 20.5 Å². The summed E-state index contributed by atoms with van der Waals surface area (Å²) < 4.78 is 5.55. The molecule has 1 aromatic carbocycles. The van der Waals surface area contributed by atoms with Crippen LogP contribution < -0.4 is 4.74 Å². The van der Waals surface area contributed by atoms with Crippen molar-refractivity contribution in [2.24, 2.45) is 0 Å². The predicted molar refractivity (Wildman–Crippen MR) is 62.4 cm³/mol. The Morgan fingerprint density at radius 2 is 2.31 bits per heavy atom. The van der Waals surface area contributed by atoms with Crippen LogP contribution in [-0.4, -0.2) is 24.5 Å². The van der Waals surface area contributed by atoms with E-state index in [0.717, 1.165) is 25.2 Å². The standard InChI is InChI=1S/C13H17NO2/c1-10(15)14(2)9-11-5-6-13-12(8-11)4-3-7-16-13/h5-6,8H,3-4,7,9H2,1-2H3. The average molecular weight is 219 g/mol. The summed E-state index contributed by atoms with van der Waals surface area (Å²) in [5, 5.41) is 0. The minimum Gasteiger partial charge on any atom is -0.493 e. The fraction of sp³-hybridized carbons (Fsp3) is 0.462. The second kappa shape index (κ2) is 4.56. The Hall–Kier alpha value is -1.51. The summed E-state index contributed by atoms with van der Waals surface area (Å²) in [6.45, 7) is 3.07. The quantitative estimate of drug-likeness (QED) is 0.761. The normalized spacial score (nSPS) is 13.9. The molecule has 0 N–H and O–H groups in total. The second-order valence-electron chi connectivity index (χ2n) is 4.27. The van der Waals surface area contributed by atoms with Gasteiger partial charge >= 0.3 is 0 Å². The number of benzene rings is 1. The van der Waals surface area contributed by atoms with Gasteiger partial charge in [0.15, 0.2) is 0 Å². The third-order valence-electron chi connectivity index (χ3n) is 2.93. The number of hydrogen-bond donors (Lipinski definition) is 0. The van der Waals surface area contributed by atoms with E-state index in [2.05, 4.69) is 6.07 Å². The largest absolute Gasteiger partial charge is 0.493 e. The van der Waals surface area contributed by atoms with Crippen LogP contribution >= 0.6 is 0 Å². The first-order valence-corrected chi connectivity index (χ1v) is 5.63. The molecule has 0 bridgehead atoms. The zero-order chi connectivity index (χ0) is 11.5. The molecule has 0 radical (unpaired) electrons. The van der Waals surface area contributed by atoms with Crippen molar-refractivity contribution in [2.45, 2.75) is 26.3 Å². The van der Waals surface area contributed by atoms with E-state index < -0.39 is 0 Å². The number of amides is 1. The van der Waals surface area contributed by atoms with Gasteiger partial charge in [0.05, 0.1) is 6.61 Å². The predicted octanol–water partition coefficient (Wildman–Crippen LogP) is 1.99. The number of nitrogens with zero attached hydrogens (tertiary/aromatic N) is 1. The van der Waals surface area contributed by atoms with E-state index in [9.17, 15) is 4.79 Å². The molecule has 3 nitrogen and oxygen atoms in total. The molecule has 0 aliphatic carbocycles. The molecular weight excluding hydrogens is 202 g/mol. The van der Waals surface area contributed by atoms with Crippen molar-refractivity contribution >= 4 is 5.91 Å². The number of fused-ring (bicyclic) bond motifs is 1. The maximum absolute atomic E-state index is 11.1. The molecule has 2 rings (SSSR count). The number of ether oxygens (including phenoxy) is 1. The number of carbonyl (C=O) groups is 1. The minimum atomic E-state index is 0.0916. The van der Waals surface area contributed by atoms with Gasteiger partial charge in [0.2, 0.25) is 5.91 Å². The Bertz CT molecular complexity index is 401. The van der Waals surface area contributed by atoms with Crippen molar-refractivity contribution in [1.29, 1.82) is 0 Å². The first kappa shape index (κ1) is 11.0. The molecule has 1 aliphatic rings. The van der Waals surface area contributed by atoms with Gasteiger partial charge in [-0.05, 0) is 30.0 Å². The molecule has 86 valence electrons. The fourth-order valence-corrected chi connectivity index (χ4v) is 1.90. The second-order valence-corrected chi connectivity index (χ2v) is 4.27. The van der Waals surface area contributed by atoms with Crippen LogP contribution in [-0.2, 0) is 17.8 Å². The van der Waals surface area contributed by atoms with Crippen molar-refractivity contribution in [3.05, 3.63) is 29.3 Å². The van der Waals surface area contributed by atoms with Gasteiger partial charge in [-0.3, -0.25) is 4.79 Å². The lowest BCUT2D eigenvalue weighted by molar-refractivity contribution is -0.128. The molecule has 1 aromatic rings. The summed E-state index contributed by atoms with van der Waals surface area (Å²) in [5.41, 5.74) is 2.43. The highest BCUT2D eigenvalue weighted by atomic mass is 16.5. The Balaban J connectivity index is 2.14. The van der Waals surface area contributed by atoms with Gasteiger partial charge in [-0.25, -0.2) is 0 Å². The third-order valence-corrected chi connectivity index (χ3v) is 2.93. The molecule has 1 amide bonds. The van der Waals surface area contributed by atoms with Crippen LogP contribution in [0.1, 0.15) is 24.5 Å². The van der Waals surface area contributed by atoms with Crippen LogP contribution in [0.15, 0.2) is 18.2 Å². The number of rotatable bonds is 2. The molecule has 0 unspecified atom stereocenters. The molecule has 0 atom stereocenters. The minimum absolute atomic E-state index is 0.0916.